The van der Waals surface area contributed by atoms with E-state index in [1.54, 1.807) is 0 Å². The fourth-order valence-corrected chi connectivity index (χ4v) is 11.0. The number of hydrogen-bond donors (Lipinski definition) is 0. The van der Waals surface area contributed by atoms with Gasteiger partial charge in [0.25, 0.3) is 0 Å². The van der Waals surface area contributed by atoms with E-state index in [0.29, 0.717) is 19.3 Å². The lowest BCUT2D eigenvalue weighted by atomic mass is 10.0. The highest BCUT2D eigenvalue weighted by molar-refractivity contribution is 5.71. The quantitative estimate of drug-likeness (QED) is 0.0261. The SMILES string of the molecule is CCC/C=C\CCCCCCCC(=O)OCC(COC(=O)CCCCCCCCCCCCCCCCCCCCCCCCC/C=C\CCCCCCCCCC)OC(=O)CCCCCCCCCCC/C=C\C/C=C\CCCCC. The molecule has 0 bridgehead atoms. The Morgan fingerprint density at radius 1 is 0.244 bits per heavy atom. The maximum absolute atomic E-state index is 12.9. The van der Waals surface area contributed by atoms with E-state index in [2.05, 4.69) is 69.4 Å². The molecule has 1 atom stereocenters. The summed E-state index contributed by atoms with van der Waals surface area (Å²) >= 11 is 0. The highest BCUT2D eigenvalue weighted by Gasteiger charge is 2.19. The van der Waals surface area contributed by atoms with Crippen molar-refractivity contribution in [2.75, 3.05) is 13.2 Å². The van der Waals surface area contributed by atoms with E-state index in [4.69, 9.17) is 14.2 Å². The molecular formula is C76H140O6. The van der Waals surface area contributed by atoms with Crippen LogP contribution in [0.1, 0.15) is 400 Å². The van der Waals surface area contributed by atoms with Gasteiger partial charge in [0.05, 0.1) is 0 Å². The van der Waals surface area contributed by atoms with Gasteiger partial charge in [-0.15, -0.1) is 0 Å². The van der Waals surface area contributed by atoms with Crippen LogP contribution in [-0.2, 0) is 28.6 Å². The van der Waals surface area contributed by atoms with E-state index in [1.165, 1.54) is 283 Å². The molecule has 6 nitrogen and oxygen atoms in total. The van der Waals surface area contributed by atoms with Crippen LogP contribution in [0.15, 0.2) is 48.6 Å². The van der Waals surface area contributed by atoms with Crippen LogP contribution < -0.4 is 0 Å². The van der Waals surface area contributed by atoms with Crippen molar-refractivity contribution in [1.29, 1.82) is 0 Å². The van der Waals surface area contributed by atoms with Gasteiger partial charge in [-0.3, -0.25) is 14.4 Å². The molecular weight excluding hydrogens is 1010 g/mol. The van der Waals surface area contributed by atoms with E-state index in [-0.39, 0.29) is 31.1 Å². The van der Waals surface area contributed by atoms with E-state index in [9.17, 15) is 14.4 Å². The molecule has 1 unspecified atom stereocenters. The molecule has 0 saturated heterocycles. The Hall–Kier alpha value is -2.63. The summed E-state index contributed by atoms with van der Waals surface area (Å²) in [6.07, 6.45) is 90.4. The van der Waals surface area contributed by atoms with Crippen molar-refractivity contribution in [3.05, 3.63) is 48.6 Å². The summed E-state index contributed by atoms with van der Waals surface area (Å²) in [5.74, 6) is -0.866. The zero-order valence-corrected chi connectivity index (χ0v) is 55.3. The lowest BCUT2D eigenvalue weighted by Crippen LogP contribution is -2.30. The molecule has 0 spiro atoms. The molecule has 0 aliphatic carbocycles. The summed E-state index contributed by atoms with van der Waals surface area (Å²) in [5.41, 5.74) is 0. The monoisotopic (exact) mass is 1150 g/mol. The first-order valence-electron chi connectivity index (χ1n) is 36.6. The summed E-state index contributed by atoms with van der Waals surface area (Å²) in [5, 5.41) is 0. The Bertz CT molecular complexity index is 1410. The van der Waals surface area contributed by atoms with Gasteiger partial charge in [0, 0.05) is 19.3 Å². The first kappa shape index (κ1) is 79.4. The van der Waals surface area contributed by atoms with Gasteiger partial charge in [-0.05, 0) is 96.3 Å². The highest BCUT2D eigenvalue weighted by Crippen LogP contribution is 2.19. The van der Waals surface area contributed by atoms with Crippen molar-refractivity contribution >= 4 is 17.9 Å². The predicted molar refractivity (Wildman–Crippen MR) is 358 cm³/mol. The lowest BCUT2D eigenvalue weighted by molar-refractivity contribution is -0.167. The van der Waals surface area contributed by atoms with Crippen molar-refractivity contribution in [1.82, 2.24) is 0 Å². The Morgan fingerprint density at radius 2 is 0.463 bits per heavy atom. The van der Waals surface area contributed by atoms with Gasteiger partial charge in [-0.1, -0.05) is 333 Å². The molecule has 0 saturated carbocycles. The van der Waals surface area contributed by atoms with Crippen LogP contribution in [0.2, 0.25) is 0 Å². The minimum absolute atomic E-state index is 0.0735. The molecule has 0 aromatic carbocycles. The van der Waals surface area contributed by atoms with Crippen LogP contribution in [0.5, 0.6) is 0 Å². The van der Waals surface area contributed by atoms with Crippen LogP contribution in [0.3, 0.4) is 0 Å². The van der Waals surface area contributed by atoms with Crippen LogP contribution in [0.25, 0.3) is 0 Å². The second-order valence-corrected chi connectivity index (χ2v) is 24.8. The van der Waals surface area contributed by atoms with Gasteiger partial charge in [0.15, 0.2) is 6.10 Å². The Morgan fingerprint density at radius 3 is 0.756 bits per heavy atom. The van der Waals surface area contributed by atoms with E-state index in [1.807, 2.05) is 0 Å². The van der Waals surface area contributed by atoms with E-state index < -0.39 is 6.10 Å². The van der Waals surface area contributed by atoms with Gasteiger partial charge in [-0.25, -0.2) is 0 Å². The summed E-state index contributed by atoms with van der Waals surface area (Å²) in [6.45, 7) is 6.60. The summed E-state index contributed by atoms with van der Waals surface area (Å²) in [4.78, 5) is 38.3. The normalized spacial score (nSPS) is 12.3. The van der Waals surface area contributed by atoms with Crippen molar-refractivity contribution < 1.29 is 28.6 Å². The largest absolute Gasteiger partial charge is 0.462 e. The third kappa shape index (κ3) is 68.2. The van der Waals surface area contributed by atoms with Gasteiger partial charge in [-0.2, -0.15) is 0 Å². The lowest BCUT2D eigenvalue weighted by Gasteiger charge is -2.18. The molecule has 6 heteroatoms. The fraction of sp³-hybridized carbons (Fsp3) is 0.855. The highest BCUT2D eigenvalue weighted by atomic mass is 16.6. The van der Waals surface area contributed by atoms with Crippen molar-refractivity contribution in [2.24, 2.45) is 0 Å². The third-order valence-electron chi connectivity index (χ3n) is 16.5. The first-order chi connectivity index (χ1) is 40.5. The number of ether oxygens (including phenoxy) is 3. The van der Waals surface area contributed by atoms with E-state index >= 15 is 0 Å². The molecule has 0 aromatic heterocycles. The van der Waals surface area contributed by atoms with E-state index in [0.717, 1.165) is 77.0 Å². The minimum atomic E-state index is -0.777. The summed E-state index contributed by atoms with van der Waals surface area (Å²) in [7, 11) is 0. The first-order valence-corrected chi connectivity index (χ1v) is 36.6. The molecule has 0 aliphatic heterocycles. The topological polar surface area (TPSA) is 78.9 Å². The number of esters is 3. The number of carbonyl (C=O) groups is 3. The van der Waals surface area contributed by atoms with Gasteiger partial charge < -0.3 is 14.2 Å². The number of rotatable bonds is 68. The maximum Gasteiger partial charge on any atom is 0.306 e. The molecule has 0 aromatic rings. The van der Waals surface area contributed by atoms with Crippen LogP contribution in [0.4, 0.5) is 0 Å². The molecule has 0 N–H and O–H groups in total. The molecule has 0 aliphatic rings. The molecule has 0 radical (unpaired) electrons. The molecule has 0 amide bonds. The van der Waals surface area contributed by atoms with Gasteiger partial charge in [0.1, 0.15) is 13.2 Å². The number of hydrogen-bond acceptors (Lipinski definition) is 6. The van der Waals surface area contributed by atoms with Crippen LogP contribution >= 0.6 is 0 Å². The van der Waals surface area contributed by atoms with Crippen molar-refractivity contribution in [2.45, 2.75) is 406 Å². The second-order valence-electron chi connectivity index (χ2n) is 24.8. The summed E-state index contributed by atoms with van der Waals surface area (Å²) in [6, 6.07) is 0. The molecule has 480 valence electrons. The standard InChI is InChI=1S/C76H140O6/c1-4-7-10-13-16-19-22-24-26-28-30-31-32-33-34-35-36-37-38-39-40-41-42-43-44-45-47-48-50-52-54-57-60-63-66-69-75(78)81-72-73(71-80-74(77)68-65-62-59-56-21-18-15-12-9-6-3)82-76(79)70-67-64-61-58-55-53-51-49-46-29-27-25-23-20-17-14-11-8-5-2/h12,15,17,20,25,27-28,30,73H,4-11,13-14,16,18-19,21-24,26,29,31-72H2,1-3H3/b15-12-,20-17-,27-25-,30-28-. The Labute approximate surface area is 511 Å². The smallest absolute Gasteiger partial charge is 0.306 e. The average Bonchev–Trinajstić information content (AvgIpc) is 3.47. The number of allylic oxidation sites excluding steroid dienone is 8. The second kappa shape index (κ2) is 70.9. The van der Waals surface area contributed by atoms with Gasteiger partial charge in [0.2, 0.25) is 0 Å². The van der Waals surface area contributed by atoms with Crippen molar-refractivity contribution in [3.8, 4) is 0 Å². The van der Waals surface area contributed by atoms with Crippen molar-refractivity contribution in [3.63, 3.8) is 0 Å². The van der Waals surface area contributed by atoms with Crippen LogP contribution in [-0.4, -0.2) is 37.2 Å². The number of carbonyl (C=O) groups excluding carboxylic acids is 3. The fourth-order valence-electron chi connectivity index (χ4n) is 11.0. The minimum Gasteiger partial charge on any atom is -0.462 e. The predicted octanol–water partition coefficient (Wildman–Crippen LogP) is 25.3. The maximum atomic E-state index is 12.9. The average molecular weight is 1150 g/mol. The third-order valence-corrected chi connectivity index (χ3v) is 16.5. The zero-order chi connectivity index (χ0) is 59.2. The number of unbranched alkanes of at least 4 members (excludes halogenated alkanes) is 49. The van der Waals surface area contributed by atoms with Gasteiger partial charge >= 0.3 is 17.9 Å². The Balaban J connectivity index is 4.03. The summed E-state index contributed by atoms with van der Waals surface area (Å²) < 4.78 is 16.9. The molecule has 0 heterocycles. The molecule has 0 fully saturated rings. The van der Waals surface area contributed by atoms with Crippen LogP contribution in [0, 0.1) is 0 Å². The Kier molecular flexibility index (Phi) is 68.6. The molecule has 0 rings (SSSR count). The molecule has 82 heavy (non-hydrogen) atoms. The zero-order valence-electron chi connectivity index (χ0n) is 55.3.